The molecule has 3 heterocycles. The van der Waals surface area contributed by atoms with E-state index in [9.17, 15) is 14.4 Å². The topological polar surface area (TPSA) is 126 Å². The molecule has 0 bridgehead atoms. The highest BCUT2D eigenvalue weighted by Gasteiger charge is 2.57. The Hall–Kier alpha value is -2.25. The maximum absolute atomic E-state index is 12.5. The van der Waals surface area contributed by atoms with Gasteiger partial charge in [0.2, 0.25) is 17.7 Å². The van der Waals surface area contributed by atoms with Crippen LogP contribution in [0, 0.1) is 6.92 Å². The molecule has 0 aliphatic carbocycles. The molecule has 2 aliphatic heterocycles. The van der Waals surface area contributed by atoms with Gasteiger partial charge >= 0.3 is 5.97 Å². The van der Waals surface area contributed by atoms with Crippen LogP contribution in [0.2, 0.25) is 18.1 Å². The van der Waals surface area contributed by atoms with Gasteiger partial charge in [0.1, 0.15) is 35.8 Å². The number of imide groups is 1. The van der Waals surface area contributed by atoms with Crippen molar-refractivity contribution in [2.75, 3.05) is 11.5 Å². The number of amides is 2. The first kappa shape index (κ1) is 29.3. The molecule has 0 saturated carbocycles. The molecule has 0 N–H and O–H groups in total. The third-order valence-corrected chi connectivity index (χ3v) is 11.5. The van der Waals surface area contributed by atoms with Crippen molar-refractivity contribution in [2.24, 2.45) is 0 Å². The van der Waals surface area contributed by atoms with Gasteiger partial charge in [-0.3, -0.25) is 14.4 Å². The summed E-state index contributed by atoms with van der Waals surface area (Å²) in [7, 11) is -2.09. The van der Waals surface area contributed by atoms with Crippen molar-refractivity contribution in [2.45, 2.75) is 111 Å². The Labute approximate surface area is 219 Å². The highest BCUT2D eigenvalue weighted by atomic mass is 28.4. The van der Waals surface area contributed by atoms with E-state index in [1.165, 1.54) is 20.8 Å². The van der Waals surface area contributed by atoms with Crippen LogP contribution in [-0.2, 0) is 33.0 Å². The first-order chi connectivity index (χ1) is 16.8. The van der Waals surface area contributed by atoms with Crippen molar-refractivity contribution in [3.05, 3.63) is 11.4 Å². The van der Waals surface area contributed by atoms with E-state index in [1.54, 1.807) is 6.92 Å². The van der Waals surface area contributed by atoms with Gasteiger partial charge < -0.3 is 23.4 Å². The van der Waals surface area contributed by atoms with Crippen LogP contribution < -0.4 is 9.64 Å². The molecule has 11 nitrogen and oxygen atoms in total. The standard InChI is InChI=1S/C25H39N3O8Si/c1-13-23(33-16(4)31)27-22(28(14(2)29)15(3)30)18(26-13)20-21-19(35-25(8,9)36-21)17(34-20)12-32-37(10,11)24(5,6)7/h17,19-21H,12H2,1-11H3/t17-,19-,20+,21-/m1/s1. The number of fused-ring (bicyclic) bond motifs is 1. The van der Waals surface area contributed by atoms with E-state index in [0.29, 0.717) is 5.69 Å². The van der Waals surface area contributed by atoms with Gasteiger partial charge in [0.25, 0.3) is 0 Å². The molecule has 0 radical (unpaired) electrons. The van der Waals surface area contributed by atoms with Crippen molar-refractivity contribution in [1.29, 1.82) is 0 Å². The van der Waals surface area contributed by atoms with Crippen LogP contribution >= 0.6 is 0 Å². The molecule has 2 amide bonds. The van der Waals surface area contributed by atoms with Crippen molar-refractivity contribution < 1.29 is 37.8 Å². The van der Waals surface area contributed by atoms with E-state index in [1.807, 2.05) is 13.8 Å². The monoisotopic (exact) mass is 537 g/mol. The average molecular weight is 538 g/mol. The number of hydrogen-bond donors (Lipinski definition) is 0. The van der Waals surface area contributed by atoms with Gasteiger partial charge in [-0.25, -0.2) is 9.88 Å². The maximum Gasteiger partial charge on any atom is 0.309 e. The van der Waals surface area contributed by atoms with Crippen LogP contribution in [0.15, 0.2) is 0 Å². The molecule has 1 aromatic rings. The van der Waals surface area contributed by atoms with Crippen LogP contribution in [0.5, 0.6) is 5.88 Å². The van der Waals surface area contributed by atoms with Gasteiger partial charge in [-0.2, -0.15) is 4.98 Å². The lowest BCUT2D eigenvalue weighted by molar-refractivity contribution is -0.191. The quantitative estimate of drug-likeness (QED) is 0.392. The third-order valence-electron chi connectivity index (χ3n) is 6.95. The van der Waals surface area contributed by atoms with E-state index in [2.05, 4.69) is 43.8 Å². The summed E-state index contributed by atoms with van der Waals surface area (Å²) >= 11 is 0. The lowest BCUT2D eigenvalue weighted by Gasteiger charge is -2.37. The second kappa shape index (κ2) is 10.1. The number of carbonyl (C=O) groups excluding carboxylic acids is 3. The van der Waals surface area contributed by atoms with Crippen molar-refractivity contribution >= 4 is 31.9 Å². The molecule has 2 aliphatic rings. The van der Waals surface area contributed by atoms with Crippen molar-refractivity contribution in [1.82, 2.24) is 9.97 Å². The molecule has 0 spiro atoms. The Kier molecular flexibility index (Phi) is 8.03. The molecule has 4 atom stereocenters. The predicted octanol–water partition coefficient (Wildman–Crippen LogP) is 3.59. The molecule has 0 unspecified atom stereocenters. The number of esters is 1. The molecule has 2 fully saturated rings. The normalized spacial score (nSPS) is 25.1. The summed E-state index contributed by atoms with van der Waals surface area (Å²) in [5, 5.41) is 0.00247. The van der Waals surface area contributed by atoms with Crippen LogP contribution in [0.4, 0.5) is 5.82 Å². The van der Waals surface area contributed by atoms with E-state index in [0.717, 1.165) is 4.90 Å². The lowest BCUT2D eigenvalue weighted by atomic mass is 10.0. The summed E-state index contributed by atoms with van der Waals surface area (Å²) in [6, 6.07) is 0. The van der Waals surface area contributed by atoms with Crippen LogP contribution in [-0.4, -0.2) is 66.8 Å². The zero-order valence-electron chi connectivity index (χ0n) is 23.6. The van der Waals surface area contributed by atoms with Crippen LogP contribution in [0.3, 0.4) is 0 Å². The van der Waals surface area contributed by atoms with E-state index >= 15 is 0 Å². The molecular formula is C25H39N3O8Si. The second-order valence-corrected chi connectivity index (χ2v) is 16.3. The number of rotatable bonds is 6. The Morgan fingerprint density at radius 2 is 1.59 bits per heavy atom. The summed E-state index contributed by atoms with van der Waals surface area (Å²) in [5.41, 5.74) is 0.505. The zero-order chi connectivity index (χ0) is 28.1. The predicted molar refractivity (Wildman–Crippen MR) is 137 cm³/mol. The summed E-state index contributed by atoms with van der Waals surface area (Å²) in [5.74, 6) is -2.83. The number of hydrogen-bond acceptors (Lipinski definition) is 10. The fourth-order valence-corrected chi connectivity index (χ4v) is 5.18. The molecule has 3 rings (SSSR count). The van der Waals surface area contributed by atoms with Crippen molar-refractivity contribution in [3.63, 3.8) is 0 Å². The minimum Gasteiger partial charge on any atom is -0.414 e. The van der Waals surface area contributed by atoms with E-state index < -0.39 is 56.3 Å². The van der Waals surface area contributed by atoms with Gasteiger partial charge in [0, 0.05) is 20.8 Å². The molecular weight excluding hydrogens is 498 g/mol. The first-order valence-corrected chi connectivity index (χ1v) is 15.3. The number of anilines is 1. The fourth-order valence-electron chi connectivity index (χ4n) is 4.16. The van der Waals surface area contributed by atoms with Gasteiger partial charge in [-0.1, -0.05) is 20.8 Å². The number of nitrogens with zero attached hydrogens (tertiary/aromatic N) is 3. The Morgan fingerprint density at radius 3 is 2.11 bits per heavy atom. The van der Waals surface area contributed by atoms with Gasteiger partial charge in [-0.15, -0.1) is 0 Å². The maximum atomic E-state index is 12.5. The Balaban J connectivity index is 2.07. The Morgan fingerprint density at radius 1 is 1.03 bits per heavy atom. The summed E-state index contributed by atoms with van der Waals surface area (Å²) in [6.07, 6.45) is -2.39. The summed E-state index contributed by atoms with van der Waals surface area (Å²) < 4.78 is 30.5. The van der Waals surface area contributed by atoms with Gasteiger partial charge in [0.15, 0.2) is 19.9 Å². The average Bonchev–Trinajstić information content (AvgIpc) is 3.20. The van der Waals surface area contributed by atoms with Gasteiger partial charge in [0.05, 0.1) is 6.61 Å². The van der Waals surface area contributed by atoms with Crippen LogP contribution in [0.1, 0.15) is 72.9 Å². The third kappa shape index (κ3) is 6.09. The Bertz CT molecular complexity index is 1070. The minimum atomic E-state index is -2.09. The highest BCUT2D eigenvalue weighted by molar-refractivity contribution is 6.74. The number of ether oxygens (including phenoxy) is 4. The number of carbonyl (C=O) groups is 3. The molecule has 0 aromatic carbocycles. The molecule has 206 valence electrons. The molecule has 37 heavy (non-hydrogen) atoms. The highest BCUT2D eigenvalue weighted by Crippen LogP contribution is 2.47. The molecule has 12 heteroatoms. The number of aromatic nitrogens is 2. The second-order valence-electron chi connectivity index (χ2n) is 11.5. The zero-order valence-corrected chi connectivity index (χ0v) is 24.6. The molecule has 2 saturated heterocycles. The lowest BCUT2D eigenvalue weighted by Crippen LogP contribution is -2.44. The summed E-state index contributed by atoms with van der Waals surface area (Å²) in [6.45, 7) is 20.0. The van der Waals surface area contributed by atoms with Crippen LogP contribution in [0.25, 0.3) is 0 Å². The minimum absolute atomic E-state index is 0.00247. The van der Waals surface area contributed by atoms with Crippen molar-refractivity contribution in [3.8, 4) is 5.88 Å². The number of aryl methyl sites for hydroxylation is 1. The largest absolute Gasteiger partial charge is 0.414 e. The van der Waals surface area contributed by atoms with E-state index in [4.69, 9.17) is 23.4 Å². The summed E-state index contributed by atoms with van der Waals surface area (Å²) in [4.78, 5) is 46.5. The SMILES string of the molecule is CC(=O)Oc1nc(N(C(C)=O)C(C)=O)c([C@@H]2O[C@H](CO[Si](C)(C)C(C)(C)C)[C@H]3OC(C)(C)O[C@H]32)nc1C. The van der Waals surface area contributed by atoms with Gasteiger partial charge in [-0.05, 0) is 38.9 Å². The molecule has 1 aromatic heterocycles. The fraction of sp³-hybridized carbons (Fsp3) is 0.720. The smallest absolute Gasteiger partial charge is 0.309 e. The van der Waals surface area contributed by atoms with E-state index in [-0.39, 0.29) is 29.0 Å². The first-order valence-electron chi connectivity index (χ1n) is 12.4.